The highest BCUT2D eigenvalue weighted by Gasteiger charge is 2.00. The van der Waals surface area contributed by atoms with Gasteiger partial charge in [-0.15, -0.1) is 11.3 Å². The Hall–Kier alpha value is -1.39. The second-order valence-corrected chi connectivity index (χ2v) is 5.13. The molecule has 0 bridgehead atoms. The van der Waals surface area contributed by atoms with Crippen molar-refractivity contribution in [1.29, 1.82) is 0 Å². The average Bonchev–Trinajstić information content (AvgIpc) is 2.74. The molecule has 90 valence electrons. The molecule has 2 aromatic rings. The molecule has 0 amide bonds. The summed E-state index contributed by atoms with van der Waals surface area (Å²) in [5.74, 6) is 0.906. The molecule has 0 spiro atoms. The fourth-order valence-corrected chi connectivity index (χ4v) is 2.28. The first-order chi connectivity index (χ1) is 8.28. The van der Waals surface area contributed by atoms with E-state index in [0.29, 0.717) is 6.61 Å². The van der Waals surface area contributed by atoms with Crippen molar-refractivity contribution in [3.05, 3.63) is 45.9 Å². The Balaban J connectivity index is 1.96. The zero-order valence-corrected chi connectivity index (χ0v) is 10.9. The second-order valence-electron chi connectivity index (χ2n) is 3.81. The van der Waals surface area contributed by atoms with E-state index in [1.165, 1.54) is 5.56 Å². The zero-order chi connectivity index (χ0) is 12.1. The van der Waals surface area contributed by atoms with Gasteiger partial charge in [-0.1, -0.05) is 12.1 Å². The molecule has 0 saturated carbocycles. The van der Waals surface area contributed by atoms with Gasteiger partial charge < -0.3 is 10.1 Å². The SMILES string of the molecule is CNCc1cccc(OCc2cnc(C)s2)c1. The molecule has 1 aromatic heterocycles. The number of thiazole rings is 1. The summed E-state index contributed by atoms with van der Waals surface area (Å²) in [6.45, 7) is 3.45. The highest BCUT2D eigenvalue weighted by atomic mass is 32.1. The van der Waals surface area contributed by atoms with Crippen LogP contribution in [0.3, 0.4) is 0 Å². The number of ether oxygens (including phenoxy) is 1. The fourth-order valence-electron chi connectivity index (χ4n) is 1.58. The van der Waals surface area contributed by atoms with Crippen LogP contribution in [0.1, 0.15) is 15.4 Å². The van der Waals surface area contributed by atoms with Crippen LogP contribution in [0.2, 0.25) is 0 Å². The molecule has 0 aliphatic rings. The summed E-state index contributed by atoms with van der Waals surface area (Å²) in [4.78, 5) is 5.36. The fraction of sp³-hybridized carbons (Fsp3) is 0.308. The molecule has 2 rings (SSSR count). The number of aromatic nitrogens is 1. The van der Waals surface area contributed by atoms with Gasteiger partial charge in [0.05, 0.1) is 9.88 Å². The van der Waals surface area contributed by atoms with Gasteiger partial charge in [-0.05, 0) is 31.7 Å². The topological polar surface area (TPSA) is 34.1 Å². The van der Waals surface area contributed by atoms with Gasteiger partial charge >= 0.3 is 0 Å². The van der Waals surface area contributed by atoms with Gasteiger partial charge in [-0.2, -0.15) is 0 Å². The van der Waals surface area contributed by atoms with Crippen molar-refractivity contribution in [2.75, 3.05) is 7.05 Å². The summed E-state index contributed by atoms with van der Waals surface area (Å²) < 4.78 is 5.74. The molecule has 0 unspecified atom stereocenters. The van der Waals surface area contributed by atoms with Crippen LogP contribution < -0.4 is 10.1 Å². The lowest BCUT2D eigenvalue weighted by Crippen LogP contribution is -2.05. The molecule has 4 heteroatoms. The highest BCUT2D eigenvalue weighted by Crippen LogP contribution is 2.17. The number of nitrogens with zero attached hydrogens (tertiary/aromatic N) is 1. The molecule has 1 N–H and O–H groups in total. The van der Waals surface area contributed by atoms with Crippen LogP contribution in [0, 0.1) is 6.92 Å². The van der Waals surface area contributed by atoms with Crippen molar-refractivity contribution in [3.63, 3.8) is 0 Å². The third kappa shape index (κ3) is 3.54. The predicted octanol–water partition coefficient (Wildman–Crippen LogP) is 2.75. The third-order valence-electron chi connectivity index (χ3n) is 2.33. The maximum atomic E-state index is 5.74. The van der Waals surface area contributed by atoms with E-state index in [4.69, 9.17) is 4.74 Å². The van der Waals surface area contributed by atoms with Crippen LogP contribution in [-0.2, 0) is 13.2 Å². The monoisotopic (exact) mass is 248 g/mol. The highest BCUT2D eigenvalue weighted by molar-refractivity contribution is 7.11. The lowest BCUT2D eigenvalue weighted by molar-refractivity contribution is 0.309. The second kappa shape index (κ2) is 5.80. The minimum Gasteiger partial charge on any atom is -0.488 e. The first kappa shape index (κ1) is 12.1. The van der Waals surface area contributed by atoms with E-state index in [9.17, 15) is 0 Å². The van der Waals surface area contributed by atoms with E-state index in [1.54, 1.807) is 11.3 Å². The Morgan fingerprint density at radius 3 is 3.00 bits per heavy atom. The van der Waals surface area contributed by atoms with Crippen LogP contribution in [0.4, 0.5) is 0 Å². The lowest BCUT2D eigenvalue weighted by atomic mass is 10.2. The molecule has 0 saturated heterocycles. The van der Waals surface area contributed by atoms with Crippen LogP contribution in [-0.4, -0.2) is 12.0 Å². The summed E-state index contributed by atoms with van der Waals surface area (Å²) in [5.41, 5.74) is 1.23. The van der Waals surface area contributed by atoms with E-state index in [2.05, 4.69) is 22.4 Å². The number of nitrogens with one attached hydrogen (secondary N) is 1. The molecule has 0 aliphatic heterocycles. The average molecular weight is 248 g/mol. The number of benzene rings is 1. The molecule has 0 radical (unpaired) electrons. The summed E-state index contributed by atoms with van der Waals surface area (Å²) in [6.07, 6.45) is 1.87. The maximum absolute atomic E-state index is 5.74. The molecular weight excluding hydrogens is 232 g/mol. The normalized spacial score (nSPS) is 10.5. The summed E-state index contributed by atoms with van der Waals surface area (Å²) >= 11 is 1.67. The van der Waals surface area contributed by atoms with E-state index in [0.717, 1.165) is 22.2 Å². The molecule has 1 aromatic carbocycles. The summed E-state index contributed by atoms with van der Waals surface area (Å²) in [5, 5.41) is 4.20. The zero-order valence-electron chi connectivity index (χ0n) is 10.1. The van der Waals surface area contributed by atoms with Gasteiger partial charge in [0, 0.05) is 12.7 Å². The van der Waals surface area contributed by atoms with Crippen molar-refractivity contribution in [2.24, 2.45) is 0 Å². The Morgan fingerprint density at radius 1 is 1.41 bits per heavy atom. The van der Waals surface area contributed by atoms with Crippen molar-refractivity contribution in [1.82, 2.24) is 10.3 Å². The molecule has 1 heterocycles. The number of aryl methyl sites for hydroxylation is 1. The minimum absolute atomic E-state index is 0.592. The Labute approximate surface area is 105 Å². The quantitative estimate of drug-likeness (QED) is 0.883. The van der Waals surface area contributed by atoms with Gasteiger partial charge in [0.15, 0.2) is 0 Å². The lowest BCUT2D eigenvalue weighted by Gasteiger charge is -2.06. The number of hydrogen-bond acceptors (Lipinski definition) is 4. The largest absolute Gasteiger partial charge is 0.488 e. The summed E-state index contributed by atoms with van der Waals surface area (Å²) in [7, 11) is 1.94. The van der Waals surface area contributed by atoms with Gasteiger partial charge in [-0.3, -0.25) is 0 Å². The predicted molar refractivity (Wildman–Crippen MR) is 70.4 cm³/mol. The van der Waals surface area contributed by atoms with E-state index in [-0.39, 0.29) is 0 Å². The Kier molecular flexibility index (Phi) is 4.12. The van der Waals surface area contributed by atoms with Crippen molar-refractivity contribution < 1.29 is 4.74 Å². The number of hydrogen-bond donors (Lipinski definition) is 1. The van der Waals surface area contributed by atoms with Crippen LogP contribution >= 0.6 is 11.3 Å². The molecule has 0 aliphatic carbocycles. The molecule has 0 atom stereocenters. The number of rotatable bonds is 5. The smallest absolute Gasteiger partial charge is 0.124 e. The van der Waals surface area contributed by atoms with Crippen LogP contribution in [0.5, 0.6) is 5.75 Å². The Bertz CT molecular complexity index is 482. The van der Waals surface area contributed by atoms with E-state index in [1.807, 2.05) is 32.3 Å². The van der Waals surface area contributed by atoms with Crippen molar-refractivity contribution in [2.45, 2.75) is 20.1 Å². The molecular formula is C13H16N2OS. The third-order valence-corrected chi connectivity index (χ3v) is 3.22. The minimum atomic E-state index is 0.592. The molecule has 17 heavy (non-hydrogen) atoms. The standard InChI is InChI=1S/C13H16N2OS/c1-10-15-8-13(17-10)9-16-12-5-3-4-11(6-12)7-14-2/h3-6,8,14H,7,9H2,1-2H3. The molecule has 0 fully saturated rings. The van der Waals surface area contributed by atoms with Crippen LogP contribution in [0.15, 0.2) is 30.5 Å². The molecule has 3 nitrogen and oxygen atoms in total. The van der Waals surface area contributed by atoms with E-state index >= 15 is 0 Å². The maximum Gasteiger partial charge on any atom is 0.124 e. The van der Waals surface area contributed by atoms with Gasteiger partial charge in [0.2, 0.25) is 0 Å². The van der Waals surface area contributed by atoms with Crippen molar-refractivity contribution >= 4 is 11.3 Å². The van der Waals surface area contributed by atoms with Gasteiger partial charge in [-0.25, -0.2) is 4.98 Å². The van der Waals surface area contributed by atoms with Gasteiger partial charge in [0.25, 0.3) is 0 Å². The van der Waals surface area contributed by atoms with Crippen molar-refractivity contribution in [3.8, 4) is 5.75 Å². The van der Waals surface area contributed by atoms with Crippen LogP contribution in [0.25, 0.3) is 0 Å². The first-order valence-electron chi connectivity index (χ1n) is 5.55. The Morgan fingerprint density at radius 2 is 2.29 bits per heavy atom. The first-order valence-corrected chi connectivity index (χ1v) is 6.37. The van der Waals surface area contributed by atoms with Gasteiger partial charge in [0.1, 0.15) is 12.4 Å². The van der Waals surface area contributed by atoms with E-state index < -0.39 is 0 Å². The summed E-state index contributed by atoms with van der Waals surface area (Å²) in [6, 6.07) is 8.14.